The second kappa shape index (κ2) is 2.81. The third-order valence-electron chi connectivity index (χ3n) is 0.816. The molecule has 0 amide bonds. The van der Waals surface area contributed by atoms with Crippen LogP contribution in [0, 0.1) is 0 Å². The maximum atomic E-state index is 2.22. The van der Waals surface area contributed by atoms with Crippen LogP contribution in [0.15, 0.2) is 0 Å². The van der Waals surface area contributed by atoms with Crippen molar-refractivity contribution in [1.82, 2.24) is 0 Å². The van der Waals surface area contributed by atoms with Crippen LogP contribution in [0.3, 0.4) is 0 Å². The predicted molar refractivity (Wildman–Crippen MR) is 25.5 cm³/mol. The molecular formula is C4H9Li-. The van der Waals surface area contributed by atoms with E-state index >= 15 is 0 Å². The summed E-state index contributed by atoms with van der Waals surface area (Å²) in [5.41, 5.74) is 0. The van der Waals surface area contributed by atoms with Crippen molar-refractivity contribution in [3.8, 4) is 0 Å². The molecule has 0 rings (SSSR count). The molecule has 0 nitrogen and oxygen atoms in total. The van der Waals surface area contributed by atoms with E-state index in [1.54, 1.807) is 0 Å². The first-order chi connectivity index (χ1) is 2.27. The van der Waals surface area contributed by atoms with Gasteiger partial charge in [0.25, 0.3) is 0 Å². The fourth-order valence-corrected chi connectivity index (χ4v) is 0. The molecule has 0 aromatic carbocycles. The maximum absolute atomic E-state index is 2.22. The van der Waals surface area contributed by atoms with Crippen molar-refractivity contribution >= 4 is 17.7 Å². The zero-order valence-corrected chi connectivity index (χ0v) is 4.28. The van der Waals surface area contributed by atoms with Gasteiger partial charge in [0, 0.05) is 0 Å². The first-order valence-corrected chi connectivity index (χ1v) is 2.27. The zero-order valence-electron chi connectivity index (χ0n) is 4.28. The van der Waals surface area contributed by atoms with Gasteiger partial charge < -0.3 is 0 Å². The molecule has 0 aliphatic rings. The Kier molecular flexibility index (Phi) is 3.15. The molecule has 0 heterocycles. The molecule has 0 aromatic heterocycles. The van der Waals surface area contributed by atoms with Crippen molar-refractivity contribution in [2.45, 2.75) is 24.9 Å². The Morgan fingerprint density at radius 3 is 2.00 bits per heavy atom. The van der Waals surface area contributed by atoms with E-state index in [0.29, 0.717) is 0 Å². The fraction of sp³-hybridized carbons (Fsp3) is 1.00. The summed E-state index contributed by atoms with van der Waals surface area (Å²) >= 11 is 2.22. The normalized spacial score (nSPS) is 14.6. The summed E-state index contributed by atoms with van der Waals surface area (Å²) in [5, 5.41) is 0. The quantitative estimate of drug-likeness (QED) is 0.404. The van der Waals surface area contributed by atoms with Crippen molar-refractivity contribution in [3.05, 3.63) is 0 Å². The average molecular weight is 64.1 g/mol. The van der Waals surface area contributed by atoms with Crippen LogP contribution in [-0.2, 0) is 0 Å². The molecule has 0 saturated heterocycles. The summed E-state index contributed by atoms with van der Waals surface area (Å²) in [6.45, 7) is 4.42. The number of hydrogen-bond donors (Lipinski definition) is 0. The van der Waals surface area contributed by atoms with Crippen LogP contribution in [0.4, 0.5) is 0 Å². The van der Waals surface area contributed by atoms with Crippen molar-refractivity contribution in [2.24, 2.45) is 0 Å². The van der Waals surface area contributed by atoms with Gasteiger partial charge in [-0.1, -0.05) is 0 Å². The summed E-state index contributed by atoms with van der Waals surface area (Å²) in [6.07, 6.45) is 1.31. The SMILES string of the molecule is [Li-][CH](C)CC. The molecule has 0 bridgehead atoms. The molecule has 0 spiro atoms. The Labute approximate surface area is 43.2 Å². The van der Waals surface area contributed by atoms with Gasteiger partial charge >= 0.3 is 42.6 Å². The van der Waals surface area contributed by atoms with Gasteiger partial charge in [0.05, 0.1) is 0 Å². The van der Waals surface area contributed by atoms with E-state index in [9.17, 15) is 0 Å². The first-order valence-electron chi connectivity index (χ1n) is 2.27. The minimum atomic E-state index is 0.884. The molecule has 5 heavy (non-hydrogen) atoms. The Hall–Kier alpha value is 0.597. The first kappa shape index (κ1) is 5.60. The molecule has 1 radical (unpaired) electrons. The van der Waals surface area contributed by atoms with Crippen LogP contribution in [-0.4, -0.2) is 17.7 Å². The molecule has 1 atom stereocenters. The van der Waals surface area contributed by atoms with Crippen molar-refractivity contribution in [1.29, 1.82) is 0 Å². The summed E-state index contributed by atoms with van der Waals surface area (Å²) in [5.74, 6) is 0. The van der Waals surface area contributed by atoms with Gasteiger partial charge in [-0.25, -0.2) is 0 Å². The Morgan fingerprint density at radius 2 is 2.00 bits per heavy atom. The van der Waals surface area contributed by atoms with E-state index in [1.165, 1.54) is 6.42 Å². The van der Waals surface area contributed by atoms with Crippen LogP contribution < -0.4 is 0 Å². The van der Waals surface area contributed by atoms with E-state index in [1.807, 2.05) is 0 Å². The van der Waals surface area contributed by atoms with Crippen LogP contribution in [0.2, 0.25) is 4.59 Å². The molecule has 0 fully saturated rings. The van der Waals surface area contributed by atoms with Crippen LogP contribution in [0.1, 0.15) is 20.3 Å². The molecule has 0 aliphatic carbocycles. The van der Waals surface area contributed by atoms with E-state index < -0.39 is 0 Å². The Balaban J connectivity index is 2.54. The second-order valence-electron chi connectivity index (χ2n) is 1.80. The van der Waals surface area contributed by atoms with Gasteiger partial charge in [-0.05, 0) is 0 Å². The standard InChI is InChI=1S/C4H9.Li/c1-3-4-2;/h3H,4H2,1-2H3;/q;-1. The van der Waals surface area contributed by atoms with Crippen molar-refractivity contribution in [3.63, 3.8) is 0 Å². The van der Waals surface area contributed by atoms with Gasteiger partial charge in [-0.2, -0.15) is 0 Å². The molecular weight excluding hydrogens is 55.0 g/mol. The average Bonchev–Trinajstić information content (AvgIpc) is 1.38. The van der Waals surface area contributed by atoms with E-state index in [-0.39, 0.29) is 0 Å². The predicted octanol–water partition coefficient (Wildman–Crippen LogP) is 1.37. The van der Waals surface area contributed by atoms with Gasteiger partial charge in [0.1, 0.15) is 0 Å². The van der Waals surface area contributed by atoms with E-state index in [2.05, 4.69) is 31.6 Å². The number of rotatable bonds is 1. The van der Waals surface area contributed by atoms with E-state index in [4.69, 9.17) is 0 Å². The molecule has 0 N–H and O–H groups in total. The van der Waals surface area contributed by atoms with Crippen LogP contribution >= 0.6 is 0 Å². The molecule has 1 heteroatoms. The van der Waals surface area contributed by atoms with Crippen LogP contribution in [0.25, 0.3) is 0 Å². The van der Waals surface area contributed by atoms with Crippen LogP contribution in [0.5, 0.6) is 0 Å². The zero-order chi connectivity index (χ0) is 4.28. The van der Waals surface area contributed by atoms with Crippen molar-refractivity contribution in [2.75, 3.05) is 0 Å². The van der Waals surface area contributed by atoms with Gasteiger partial charge in [-0.15, -0.1) is 0 Å². The molecule has 1 unspecified atom stereocenters. The van der Waals surface area contributed by atoms with Gasteiger partial charge in [0.15, 0.2) is 0 Å². The second-order valence-corrected chi connectivity index (χ2v) is 1.80. The summed E-state index contributed by atoms with van der Waals surface area (Å²) < 4.78 is 0.884. The molecule has 27 valence electrons. The van der Waals surface area contributed by atoms with Gasteiger partial charge in [0.2, 0.25) is 0 Å². The Bertz CT molecular complexity index is 17.6. The third-order valence-corrected chi connectivity index (χ3v) is 0.816. The van der Waals surface area contributed by atoms with Crippen molar-refractivity contribution < 1.29 is 0 Å². The summed E-state index contributed by atoms with van der Waals surface area (Å²) in [7, 11) is 0. The monoisotopic (exact) mass is 64.1 g/mol. The summed E-state index contributed by atoms with van der Waals surface area (Å²) in [4.78, 5) is 0. The topological polar surface area (TPSA) is 0 Å². The third kappa shape index (κ3) is 4.60. The molecule has 0 aromatic rings. The minimum absolute atomic E-state index is 0.884. The molecule has 0 aliphatic heterocycles. The van der Waals surface area contributed by atoms with E-state index in [0.717, 1.165) is 4.59 Å². The summed E-state index contributed by atoms with van der Waals surface area (Å²) in [6, 6.07) is 0. The number of hydrogen-bond acceptors (Lipinski definition) is 0. The van der Waals surface area contributed by atoms with Gasteiger partial charge in [-0.3, -0.25) is 0 Å². The fourth-order valence-electron chi connectivity index (χ4n) is 0. The molecule has 0 saturated carbocycles. The Morgan fingerprint density at radius 1 is 1.80 bits per heavy atom.